The molecule has 0 amide bonds. The Morgan fingerprint density at radius 2 is 1.67 bits per heavy atom. The summed E-state index contributed by atoms with van der Waals surface area (Å²) < 4.78 is 8.17. The van der Waals surface area contributed by atoms with E-state index in [9.17, 15) is 19.7 Å². The van der Waals surface area contributed by atoms with Crippen LogP contribution in [0.5, 0.6) is 5.75 Å². The van der Waals surface area contributed by atoms with Crippen LogP contribution >= 0.6 is 0 Å². The zero-order valence-corrected chi connectivity index (χ0v) is 17.9. The molecule has 0 spiro atoms. The van der Waals surface area contributed by atoms with Gasteiger partial charge in [-0.1, -0.05) is 0 Å². The zero-order chi connectivity index (χ0) is 22.3. The number of aromatic nitrogens is 2. The van der Waals surface area contributed by atoms with E-state index in [0.29, 0.717) is 24.7 Å². The van der Waals surface area contributed by atoms with E-state index in [1.807, 2.05) is 19.0 Å². The van der Waals surface area contributed by atoms with E-state index < -0.39 is 4.92 Å². The van der Waals surface area contributed by atoms with Crippen molar-refractivity contribution < 1.29 is 9.66 Å². The number of hydrogen-bond acceptors (Lipinski definition) is 7. The van der Waals surface area contributed by atoms with Gasteiger partial charge in [-0.15, -0.1) is 0 Å². The van der Waals surface area contributed by atoms with Gasteiger partial charge in [0.1, 0.15) is 11.6 Å². The van der Waals surface area contributed by atoms with Crippen molar-refractivity contribution in [1.82, 2.24) is 14.0 Å². The van der Waals surface area contributed by atoms with E-state index in [2.05, 4.69) is 4.90 Å². The molecule has 2 aromatic rings. The quantitative estimate of drug-likeness (QED) is 0.306. The minimum atomic E-state index is -0.436. The van der Waals surface area contributed by atoms with Crippen LogP contribution in [0.25, 0.3) is 0 Å². The number of anilines is 1. The fourth-order valence-corrected chi connectivity index (χ4v) is 2.97. The normalized spacial score (nSPS) is 11.0. The Balaban J connectivity index is 1.70. The predicted molar refractivity (Wildman–Crippen MR) is 116 cm³/mol. The average Bonchev–Trinajstić information content (AvgIpc) is 2.73. The molecule has 10 heteroatoms. The van der Waals surface area contributed by atoms with Crippen LogP contribution in [0.15, 0.2) is 39.9 Å². The molecule has 0 aliphatic heterocycles. The Bertz CT molecular complexity index is 967. The van der Waals surface area contributed by atoms with Crippen LogP contribution < -0.4 is 20.9 Å². The summed E-state index contributed by atoms with van der Waals surface area (Å²) in [5.41, 5.74) is -0.614. The monoisotopic (exact) mass is 419 g/mol. The molecule has 30 heavy (non-hydrogen) atoms. The first-order chi connectivity index (χ1) is 14.2. The Hall–Kier alpha value is -3.14. The van der Waals surface area contributed by atoms with Crippen LogP contribution in [0.2, 0.25) is 0 Å². The zero-order valence-electron chi connectivity index (χ0n) is 17.9. The second kappa shape index (κ2) is 10.6. The van der Waals surface area contributed by atoms with Gasteiger partial charge in [0.25, 0.3) is 11.2 Å². The summed E-state index contributed by atoms with van der Waals surface area (Å²) in [6.45, 7) is 2.88. The van der Waals surface area contributed by atoms with Gasteiger partial charge in [-0.05, 0) is 38.6 Å². The molecule has 0 fully saturated rings. The Morgan fingerprint density at radius 3 is 2.30 bits per heavy atom. The molecule has 2 rings (SSSR count). The molecular weight excluding hydrogens is 390 g/mol. The number of hydrogen-bond donors (Lipinski definition) is 0. The van der Waals surface area contributed by atoms with Crippen LogP contribution in [-0.4, -0.2) is 59.3 Å². The first kappa shape index (κ1) is 23.1. The van der Waals surface area contributed by atoms with Gasteiger partial charge in [-0.2, -0.15) is 0 Å². The molecule has 0 saturated carbocycles. The van der Waals surface area contributed by atoms with Crippen LogP contribution in [0, 0.1) is 10.1 Å². The second-order valence-electron chi connectivity index (χ2n) is 7.27. The SMILES string of the molecule is CN(CCCCOc1ccc([N+](=O)[O-])cc1)CCN(C)c1cc(=O)n(C)c(=O)n1C. The van der Waals surface area contributed by atoms with Gasteiger partial charge in [0.05, 0.1) is 11.5 Å². The summed E-state index contributed by atoms with van der Waals surface area (Å²) in [4.78, 5) is 38.2. The highest BCUT2D eigenvalue weighted by Gasteiger charge is 2.11. The number of benzene rings is 1. The number of unbranched alkanes of at least 4 members (excludes halogenated alkanes) is 1. The van der Waals surface area contributed by atoms with Gasteiger partial charge >= 0.3 is 5.69 Å². The molecule has 0 saturated heterocycles. The molecule has 0 radical (unpaired) electrons. The largest absolute Gasteiger partial charge is 0.494 e. The molecule has 1 aromatic carbocycles. The molecule has 0 N–H and O–H groups in total. The predicted octanol–water partition coefficient (Wildman–Crippen LogP) is 1.22. The molecule has 1 heterocycles. The third-order valence-electron chi connectivity index (χ3n) is 4.96. The standard InChI is InChI=1S/C20H29N5O5/c1-21(11-5-6-14-30-17-9-7-16(8-10-17)25(28)29)12-13-22(2)18-15-19(26)24(4)20(27)23(18)3/h7-10,15H,5-6,11-14H2,1-4H3. The van der Waals surface area contributed by atoms with Crippen molar-refractivity contribution in [1.29, 1.82) is 0 Å². The van der Waals surface area contributed by atoms with Crippen LogP contribution in [0.1, 0.15) is 12.8 Å². The Morgan fingerprint density at radius 1 is 1.00 bits per heavy atom. The molecule has 0 unspecified atom stereocenters. The topological polar surface area (TPSA) is 103 Å². The molecule has 0 aliphatic rings. The third kappa shape index (κ3) is 6.18. The summed E-state index contributed by atoms with van der Waals surface area (Å²) in [6, 6.07) is 7.53. The van der Waals surface area contributed by atoms with E-state index >= 15 is 0 Å². The number of nitro groups is 1. The van der Waals surface area contributed by atoms with Crippen LogP contribution in [0.4, 0.5) is 11.5 Å². The molecule has 0 aliphatic carbocycles. The van der Waals surface area contributed by atoms with Crippen molar-refractivity contribution in [2.45, 2.75) is 12.8 Å². The number of rotatable bonds is 11. The molecule has 10 nitrogen and oxygen atoms in total. The first-order valence-electron chi connectivity index (χ1n) is 9.74. The lowest BCUT2D eigenvalue weighted by Gasteiger charge is -2.25. The molecular formula is C20H29N5O5. The lowest BCUT2D eigenvalue weighted by Crippen LogP contribution is -2.41. The van der Waals surface area contributed by atoms with E-state index in [1.54, 1.807) is 19.2 Å². The maximum absolute atomic E-state index is 12.1. The summed E-state index contributed by atoms with van der Waals surface area (Å²) >= 11 is 0. The number of nitrogens with zero attached hydrogens (tertiary/aromatic N) is 5. The van der Waals surface area contributed by atoms with Gasteiger partial charge < -0.3 is 14.5 Å². The Kier molecular flexibility index (Phi) is 8.16. The lowest BCUT2D eigenvalue weighted by atomic mass is 10.3. The van der Waals surface area contributed by atoms with E-state index in [0.717, 1.165) is 30.5 Å². The summed E-state index contributed by atoms with van der Waals surface area (Å²) in [6.07, 6.45) is 1.80. The van der Waals surface area contributed by atoms with Gasteiger partial charge in [0, 0.05) is 52.4 Å². The van der Waals surface area contributed by atoms with E-state index in [-0.39, 0.29) is 16.9 Å². The summed E-state index contributed by atoms with van der Waals surface area (Å²) in [7, 11) is 7.00. The van der Waals surface area contributed by atoms with Gasteiger partial charge in [-0.25, -0.2) is 4.79 Å². The number of non-ortho nitro benzene ring substituents is 1. The minimum absolute atomic E-state index is 0.0462. The fraction of sp³-hybridized carbons (Fsp3) is 0.500. The van der Waals surface area contributed by atoms with Gasteiger partial charge in [0.15, 0.2) is 0 Å². The van der Waals surface area contributed by atoms with Crippen molar-refractivity contribution in [2.75, 3.05) is 45.2 Å². The van der Waals surface area contributed by atoms with Crippen molar-refractivity contribution >= 4 is 11.5 Å². The number of ether oxygens (including phenoxy) is 1. The smallest absolute Gasteiger partial charge is 0.332 e. The van der Waals surface area contributed by atoms with Crippen LogP contribution in [-0.2, 0) is 14.1 Å². The van der Waals surface area contributed by atoms with Crippen molar-refractivity contribution in [3.05, 3.63) is 61.3 Å². The average molecular weight is 419 g/mol. The summed E-state index contributed by atoms with van der Waals surface area (Å²) in [5, 5.41) is 10.6. The highest BCUT2D eigenvalue weighted by molar-refractivity contribution is 5.37. The highest BCUT2D eigenvalue weighted by Crippen LogP contribution is 2.17. The maximum Gasteiger partial charge on any atom is 0.332 e. The molecule has 0 bridgehead atoms. The van der Waals surface area contributed by atoms with E-state index in [4.69, 9.17) is 4.74 Å². The van der Waals surface area contributed by atoms with Crippen molar-refractivity contribution in [3.63, 3.8) is 0 Å². The molecule has 1 aromatic heterocycles. The highest BCUT2D eigenvalue weighted by atomic mass is 16.6. The number of likely N-dealkylation sites (N-methyl/N-ethyl adjacent to an activating group) is 2. The molecule has 0 atom stereocenters. The Labute approximate surface area is 175 Å². The number of nitro benzene ring substituents is 1. The third-order valence-corrected chi connectivity index (χ3v) is 4.96. The lowest BCUT2D eigenvalue weighted by molar-refractivity contribution is -0.384. The second-order valence-corrected chi connectivity index (χ2v) is 7.27. The maximum atomic E-state index is 12.1. The van der Waals surface area contributed by atoms with Gasteiger partial charge in [-0.3, -0.25) is 24.0 Å². The van der Waals surface area contributed by atoms with E-state index in [1.165, 1.54) is 29.8 Å². The summed E-state index contributed by atoms with van der Waals surface area (Å²) in [5.74, 6) is 1.21. The minimum Gasteiger partial charge on any atom is -0.494 e. The van der Waals surface area contributed by atoms with Gasteiger partial charge in [0.2, 0.25) is 0 Å². The van der Waals surface area contributed by atoms with Crippen molar-refractivity contribution in [3.8, 4) is 5.75 Å². The fourth-order valence-electron chi connectivity index (χ4n) is 2.97. The van der Waals surface area contributed by atoms with Crippen LogP contribution in [0.3, 0.4) is 0 Å². The molecule has 164 valence electrons. The van der Waals surface area contributed by atoms with Crippen molar-refractivity contribution in [2.24, 2.45) is 14.1 Å². The first-order valence-corrected chi connectivity index (χ1v) is 9.74.